The minimum Gasteiger partial charge on any atom is -0.449 e. The number of amides is 1. The van der Waals surface area contributed by atoms with Gasteiger partial charge in [0.15, 0.2) is 6.10 Å². The number of esters is 1. The Labute approximate surface area is 123 Å². The molecule has 116 valence electrons. The second-order valence-electron chi connectivity index (χ2n) is 4.98. The zero-order valence-electron chi connectivity index (χ0n) is 12.5. The summed E-state index contributed by atoms with van der Waals surface area (Å²) in [7, 11) is 0. The first-order valence-electron chi connectivity index (χ1n) is 6.91. The Morgan fingerprint density at radius 2 is 2.05 bits per heavy atom. The van der Waals surface area contributed by atoms with Gasteiger partial charge in [0.1, 0.15) is 5.82 Å². The molecule has 6 heteroatoms. The molecule has 1 amide bonds. The van der Waals surface area contributed by atoms with Gasteiger partial charge < -0.3 is 15.8 Å². The molecule has 21 heavy (non-hydrogen) atoms. The molecule has 0 bridgehead atoms. The second-order valence-corrected chi connectivity index (χ2v) is 4.98. The number of nitrogens with one attached hydrogen (secondary N) is 1. The summed E-state index contributed by atoms with van der Waals surface area (Å²) in [5.74, 6) is -1.80. The minimum absolute atomic E-state index is 0.00268. The summed E-state index contributed by atoms with van der Waals surface area (Å²) in [6, 6.07) is 3.42. The van der Waals surface area contributed by atoms with Gasteiger partial charge >= 0.3 is 5.97 Å². The maximum absolute atomic E-state index is 13.1. The maximum atomic E-state index is 13.1. The van der Waals surface area contributed by atoms with E-state index in [0.29, 0.717) is 0 Å². The lowest BCUT2D eigenvalue weighted by atomic mass is 10.1. The Morgan fingerprint density at radius 1 is 1.38 bits per heavy atom. The van der Waals surface area contributed by atoms with Gasteiger partial charge in [0.05, 0.1) is 5.56 Å². The minimum atomic E-state index is -0.973. The summed E-state index contributed by atoms with van der Waals surface area (Å²) in [6.45, 7) is 5.35. The van der Waals surface area contributed by atoms with Gasteiger partial charge in [-0.3, -0.25) is 4.79 Å². The van der Waals surface area contributed by atoms with Crippen molar-refractivity contribution in [2.75, 3.05) is 5.73 Å². The van der Waals surface area contributed by atoms with Gasteiger partial charge in [0.2, 0.25) is 0 Å². The van der Waals surface area contributed by atoms with Gasteiger partial charge in [0.25, 0.3) is 5.91 Å². The molecule has 0 radical (unpaired) electrons. The number of hydrogen-bond acceptors (Lipinski definition) is 4. The molecule has 1 aromatic rings. The summed E-state index contributed by atoms with van der Waals surface area (Å²) < 4.78 is 18.1. The monoisotopic (exact) mass is 296 g/mol. The smallest absolute Gasteiger partial charge is 0.341 e. The fraction of sp³-hybridized carbons (Fsp3) is 0.467. The number of carbonyl (C=O) groups is 2. The van der Waals surface area contributed by atoms with Crippen molar-refractivity contribution in [2.24, 2.45) is 0 Å². The van der Waals surface area contributed by atoms with Crippen molar-refractivity contribution < 1.29 is 18.7 Å². The van der Waals surface area contributed by atoms with E-state index in [1.807, 2.05) is 13.8 Å². The van der Waals surface area contributed by atoms with Crippen LogP contribution in [0.15, 0.2) is 18.2 Å². The predicted molar refractivity (Wildman–Crippen MR) is 78.2 cm³/mol. The van der Waals surface area contributed by atoms with Gasteiger partial charge in [-0.15, -0.1) is 0 Å². The zero-order chi connectivity index (χ0) is 16.0. The summed E-state index contributed by atoms with van der Waals surface area (Å²) >= 11 is 0. The Bertz CT molecular complexity index is 520. The van der Waals surface area contributed by atoms with E-state index < -0.39 is 17.9 Å². The van der Waals surface area contributed by atoms with E-state index >= 15 is 0 Å². The topological polar surface area (TPSA) is 81.4 Å². The SMILES string of the molecule is CCCC(C)NC(=O)C(C)OC(=O)c1cc(F)ccc1N. The van der Waals surface area contributed by atoms with Crippen molar-refractivity contribution in [2.45, 2.75) is 45.8 Å². The molecule has 3 N–H and O–H groups in total. The van der Waals surface area contributed by atoms with Crippen LogP contribution in [0.3, 0.4) is 0 Å². The first-order valence-corrected chi connectivity index (χ1v) is 6.91. The molecule has 1 aromatic carbocycles. The Morgan fingerprint density at radius 3 is 2.67 bits per heavy atom. The number of rotatable bonds is 6. The van der Waals surface area contributed by atoms with Crippen molar-refractivity contribution in [3.8, 4) is 0 Å². The van der Waals surface area contributed by atoms with Crippen LogP contribution in [0.1, 0.15) is 44.0 Å². The van der Waals surface area contributed by atoms with Crippen LogP contribution in [0.5, 0.6) is 0 Å². The molecule has 0 spiro atoms. The number of ether oxygens (including phenoxy) is 1. The third-order valence-electron chi connectivity index (χ3n) is 3.00. The van der Waals surface area contributed by atoms with Crippen molar-refractivity contribution in [1.82, 2.24) is 5.32 Å². The quantitative estimate of drug-likeness (QED) is 0.623. The van der Waals surface area contributed by atoms with E-state index in [4.69, 9.17) is 10.5 Å². The normalized spacial score (nSPS) is 13.3. The highest BCUT2D eigenvalue weighted by Gasteiger charge is 2.21. The number of benzene rings is 1. The van der Waals surface area contributed by atoms with Crippen LogP contribution < -0.4 is 11.1 Å². The lowest BCUT2D eigenvalue weighted by molar-refractivity contribution is -0.129. The van der Waals surface area contributed by atoms with Crippen LogP contribution in [0.25, 0.3) is 0 Å². The number of anilines is 1. The molecule has 0 saturated carbocycles. The molecule has 5 nitrogen and oxygen atoms in total. The first kappa shape index (κ1) is 16.9. The van der Waals surface area contributed by atoms with Crippen LogP contribution in [0.4, 0.5) is 10.1 Å². The van der Waals surface area contributed by atoms with Gasteiger partial charge in [0, 0.05) is 11.7 Å². The lowest BCUT2D eigenvalue weighted by Crippen LogP contribution is -2.40. The molecule has 0 aliphatic carbocycles. The number of nitrogens with two attached hydrogens (primary N) is 1. The van der Waals surface area contributed by atoms with Gasteiger partial charge in [-0.2, -0.15) is 0 Å². The largest absolute Gasteiger partial charge is 0.449 e. The molecule has 2 unspecified atom stereocenters. The fourth-order valence-electron chi connectivity index (χ4n) is 1.85. The van der Waals surface area contributed by atoms with Crippen molar-refractivity contribution >= 4 is 17.6 Å². The van der Waals surface area contributed by atoms with Gasteiger partial charge in [-0.05, 0) is 38.5 Å². The number of carbonyl (C=O) groups excluding carboxylic acids is 2. The van der Waals surface area contributed by atoms with Crippen LogP contribution in [0.2, 0.25) is 0 Å². The average molecular weight is 296 g/mol. The molecule has 0 heterocycles. The van der Waals surface area contributed by atoms with E-state index in [-0.39, 0.29) is 23.2 Å². The summed E-state index contributed by atoms with van der Waals surface area (Å²) in [4.78, 5) is 23.7. The average Bonchev–Trinajstić information content (AvgIpc) is 2.41. The molecule has 0 saturated heterocycles. The molecule has 0 aromatic heterocycles. The van der Waals surface area contributed by atoms with Crippen LogP contribution in [-0.4, -0.2) is 24.0 Å². The highest BCUT2D eigenvalue weighted by Crippen LogP contribution is 2.15. The summed E-state index contributed by atoms with van der Waals surface area (Å²) in [6.07, 6.45) is 0.804. The van der Waals surface area contributed by atoms with Crippen LogP contribution in [0, 0.1) is 5.82 Å². The van der Waals surface area contributed by atoms with Crippen LogP contribution in [-0.2, 0) is 9.53 Å². The first-order chi connectivity index (χ1) is 9.85. The van der Waals surface area contributed by atoms with Gasteiger partial charge in [-0.1, -0.05) is 13.3 Å². The van der Waals surface area contributed by atoms with E-state index in [9.17, 15) is 14.0 Å². The van der Waals surface area contributed by atoms with E-state index in [2.05, 4.69) is 5.32 Å². The number of nitrogen functional groups attached to an aromatic ring is 1. The predicted octanol–water partition coefficient (Wildman–Crippen LogP) is 2.26. The molecule has 0 aliphatic heterocycles. The summed E-state index contributed by atoms with van der Waals surface area (Å²) in [5.41, 5.74) is 5.61. The molecular weight excluding hydrogens is 275 g/mol. The Hall–Kier alpha value is -2.11. The zero-order valence-corrected chi connectivity index (χ0v) is 12.5. The van der Waals surface area contributed by atoms with Crippen LogP contribution >= 0.6 is 0 Å². The third-order valence-corrected chi connectivity index (χ3v) is 3.00. The molecule has 1 rings (SSSR count). The second kappa shape index (κ2) is 7.61. The van der Waals surface area contributed by atoms with E-state index in [0.717, 1.165) is 25.0 Å². The van der Waals surface area contributed by atoms with Crippen molar-refractivity contribution in [3.05, 3.63) is 29.6 Å². The number of hydrogen-bond donors (Lipinski definition) is 2. The van der Waals surface area contributed by atoms with E-state index in [1.165, 1.54) is 13.0 Å². The van der Waals surface area contributed by atoms with E-state index in [1.54, 1.807) is 0 Å². The highest BCUT2D eigenvalue weighted by atomic mass is 19.1. The molecule has 2 atom stereocenters. The molecular formula is C15H21FN2O3. The molecule has 0 fully saturated rings. The molecule has 0 aliphatic rings. The fourth-order valence-corrected chi connectivity index (χ4v) is 1.85. The highest BCUT2D eigenvalue weighted by molar-refractivity contribution is 5.96. The summed E-state index contributed by atoms with van der Waals surface area (Å²) in [5, 5.41) is 2.74. The van der Waals surface area contributed by atoms with Crippen molar-refractivity contribution in [1.29, 1.82) is 0 Å². The maximum Gasteiger partial charge on any atom is 0.341 e. The standard InChI is InChI=1S/C15H21FN2O3/c1-4-5-9(2)18-14(19)10(3)21-15(20)12-8-11(16)6-7-13(12)17/h6-10H,4-5,17H2,1-3H3,(H,18,19). The Kier molecular flexibility index (Phi) is 6.14. The third kappa shape index (κ3) is 5.06. The van der Waals surface area contributed by atoms with Crippen molar-refractivity contribution in [3.63, 3.8) is 0 Å². The van der Waals surface area contributed by atoms with Gasteiger partial charge in [-0.25, -0.2) is 9.18 Å². The lowest BCUT2D eigenvalue weighted by Gasteiger charge is -2.17. The Balaban J connectivity index is 2.65. The number of halogens is 1.